The van der Waals surface area contributed by atoms with Crippen molar-refractivity contribution in [2.45, 2.75) is 61.9 Å². The van der Waals surface area contributed by atoms with E-state index in [1.54, 1.807) is 0 Å². The Bertz CT molecular complexity index is 1140. The van der Waals surface area contributed by atoms with Crippen LogP contribution in [0.4, 0.5) is 4.79 Å². The smallest absolute Gasteiger partial charge is 0.320 e. The van der Waals surface area contributed by atoms with Gasteiger partial charge in [-0.2, -0.15) is 5.10 Å². The number of morpholine rings is 1. The minimum absolute atomic E-state index is 0.234. The maximum absolute atomic E-state index is 13.0. The van der Waals surface area contributed by atoms with Gasteiger partial charge in [-0.3, -0.25) is 4.90 Å². The van der Waals surface area contributed by atoms with Crippen molar-refractivity contribution >= 4 is 6.03 Å². The summed E-state index contributed by atoms with van der Waals surface area (Å²) in [6.07, 6.45) is 9.19. The second-order valence-electron chi connectivity index (χ2n) is 12.4. The van der Waals surface area contributed by atoms with E-state index in [-0.39, 0.29) is 11.6 Å². The first-order valence-corrected chi connectivity index (χ1v) is 14.0. The van der Waals surface area contributed by atoms with Gasteiger partial charge in [0.2, 0.25) is 0 Å². The van der Waals surface area contributed by atoms with E-state index in [9.17, 15) is 4.79 Å². The van der Waals surface area contributed by atoms with E-state index < -0.39 is 0 Å². The molecule has 3 aliphatic heterocycles. The van der Waals surface area contributed by atoms with Crippen LogP contribution in [0.2, 0.25) is 0 Å². The number of aromatic nitrogens is 3. The minimum atomic E-state index is 0.234. The van der Waals surface area contributed by atoms with Crippen LogP contribution >= 0.6 is 0 Å². The largest absolute Gasteiger partial charge is 0.379 e. The molecule has 0 atom stereocenters. The highest BCUT2D eigenvalue weighted by Gasteiger charge is 2.56. The molecule has 3 saturated heterocycles. The van der Waals surface area contributed by atoms with E-state index in [1.165, 1.54) is 36.8 Å². The molecular weight excluding hydrogens is 452 g/mol. The van der Waals surface area contributed by atoms with Crippen molar-refractivity contribution in [3.8, 4) is 0 Å². The Labute approximate surface area is 212 Å². The van der Waals surface area contributed by atoms with Gasteiger partial charge in [0.05, 0.1) is 19.3 Å². The number of likely N-dealkylation sites (tertiary alicyclic amines) is 2. The Kier molecular flexibility index (Phi) is 4.67. The standard InChI is InChI=1S/C28H36N6O2/c35-26(32-17-27(18-32)13-24(14-27)34-19-29-25(30-34)21-1-2-21)31-15-22(16-31)20-3-5-23(6-4-20)28(7-8-28)33-9-11-36-12-10-33/h3-6,19,21-22,24H,1-2,7-18H2. The summed E-state index contributed by atoms with van der Waals surface area (Å²) in [5.41, 5.74) is 3.41. The second-order valence-corrected chi connectivity index (χ2v) is 12.4. The summed E-state index contributed by atoms with van der Waals surface area (Å²) in [6, 6.07) is 10.0. The van der Waals surface area contributed by atoms with Gasteiger partial charge in [0.1, 0.15) is 6.33 Å². The van der Waals surface area contributed by atoms with Gasteiger partial charge >= 0.3 is 6.03 Å². The van der Waals surface area contributed by atoms with Gasteiger partial charge in [0.25, 0.3) is 0 Å². The molecule has 3 aliphatic carbocycles. The molecule has 4 heterocycles. The lowest BCUT2D eigenvalue weighted by Gasteiger charge is -2.60. The van der Waals surface area contributed by atoms with Crippen molar-refractivity contribution in [1.29, 1.82) is 0 Å². The van der Waals surface area contributed by atoms with Crippen molar-refractivity contribution in [3.63, 3.8) is 0 Å². The zero-order valence-corrected chi connectivity index (χ0v) is 21.0. The Morgan fingerprint density at radius 2 is 1.67 bits per heavy atom. The molecule has 0 unspecified atom stereocenters. The highest BCUT2D eigenvalue weighted by molar-refractivity contribution is 5.77. The number of hydrogen-bond acceptors (Lipinski definition) is 5. The Balaban J connectivity index is 0.819. The van der Waals surface area contributed by atoms with Crippen LogP contribution < -0.4 is 0 Å². The zero-order valence-electron chi connectivity index (χ0n) is 21.0. The summed E-state index contributed by atoms with van der Waals surface area (Å²) < 4.78 is 7.64. The first-order valence-electron chi connectivity index (χ1n) is 14.0. The van der Waals surface area contributed by atoms with E-state index in [1.807, 2.05) is 11.2 Å². The van der Waals surface area contributed by atoms with Crippen molar-refractivity contribution in [2.24, 2.45) is 5.41 Å². The molecule has 0 bridgehead atoms. The molecule has 190 valence electrons. The number of carbonyl (C=O) groups excluding carboxylic acids is 1. The lowest BCUT2D eigenvalue weighted by Crippen LogP contribution is -2.67. The normalized spacial score (nSPS) is 27.4. The number of urea groups is 1. The molecular formula is C28H36N6O2. The lowest BCUT2D eigenvalue weighted by atomic mass is 9.61. The van der Waals surface area contributed by atoms with Crippen LogP contribution in [0.3, 0.4) is 0 Å². The predicted molar refractivity (Wildman–Crippen MR) is 134 cm³/mol. The van der Waals surface area contributed by atoms with Crippen LogP contribution in [0, 0.1) is 5.41 Å². The lowest BCUT2D eigenvalue weighted by molar-refractivity contribution is -0.0771. The summed E-state index contributed by atoms with van der Waals surface area (Å²) >= 11 is 0. The van der Waals surface area contributed by atoms with Crippen LogP contribution in [0.1, 0.15) is 73.4 Å². The van der Waals surface area contributed by atoms with Crippen molar-refractivity contribution in [1.82, 2.24) is 29.5 Å². The molecule has 8 rings (SSSR count). The SMILES string of the molecule is O=C(N1CC(c2ccc(C3(N4CCOCC4)CC3)cc2)C1)N1CC2(CC(n3cnc(C4CC4)n3)C2)C1. The fourth-order valence-electron chi connectivity index (χ4n) is 7.28. The molecule has 3 saturated carbocycles. The zero-order chi connectivity index (χ0) is 23.9. The number of hydrogen-bond donors (Lipinski definition) is 0. The quantitative estimate of drug-likeness (QED) is 0.646. The van der Waals surface area contributed by atoms with Crippen LogP contribution in [-0.2, 0) is 10.3 Å². The van der Waals surface area contributed by atoms with Crippen LogP contribution in [0.5, 0.6) is 0 Å². The third-order valence-electron chi connectivity index (χ3n) is 9.91. The molecule has 2 amide bonds. The van der Waals surface area contributed by atoms with Crippen molar-refractivity contribution < 1.29 is 9.53 Å². The fourth-order valence-corrected chi connectivity index (χ4v) is 7.28. The number of rotatable bonds is 5. The Morgan fingerprint density at radius 3 is 2.33 bits per heavy atom. The van der Waals surface area contributed by atoms with Gasteiger partial charge in [-0.25, -0.2) is 14.5 Å². The van der Waals surface area contributed by atoms with Crippen LogP contribution in [0.25, 0.3) is 0 Å². The first kappa shape index (κ1) is 21.6. The van der Waals surface area contributed by atoms with Crippen LogP contribution in [-0.4, -0.2) is 88.0 Å². The summed E-state index contributed by atoms with van der Waals surface area (Å²) in [5, 5.41) is 4.72. The topological polar surface area (TPSA) is 66.7 Å². The van der Waals surface area contributed by atoms with Gasteiger partial charge in [-0.15, -0.1) is 0 Å². The highest BCUT2D eigenvalue weighted by atomic mass is 16.5. The van der Waals surface area contributed by atoms with Gasteiger partial charge in [-0.1, -0.05) is 24.3 Å². The minimum Gasteiger partial charge on any atom is -0.379 e. The highest BCUT2D eigenvalue weighted by Crippen LogP contribution is 2.54. The average molecular weight is 489 g/mol. The van der Waals surface area contributed by atoms with E-state index in [4.69, 9.17) is 9.84 Å². The molecule has 0 radical (unpaired) electrons. The van der Waals surface area contributed by atoms with Gasteiger partial charge in [0.15, 0.2) is 5.82 Å². The second kappa shape index (κ2) is 7.78. The number of carbonyl (C=O) groups is 1. The van der Waals surface area contributed by atoms with E-state index in [0.717, 1.165) is 71.1 Å². The predicted octanol–water partition coefficient (Wildman–Crippen LogP) is 3.33. The molecule has 8 heteroatoms. The number of amides is 2. The average Bonchev–Trinajstić information content (AvgIpc) is 3.76. The van der Waals surface area contributed by atoms with Gasteiger partial charge in [0, 0.05) is 62.1 Å². The van der Waals surface area contributed by atoms with E-state index >= 15 is 0 Å². The fraction of sp³-hybridized carbons (Fsp3) is 0.679. The maximum atomic E-state index is 13.0. The van der Waals surface area contributed by atoms with Crippen molar-refractivity contribution in [2.75, 3.05) is 52.5 Å². The molecule has 1 spiro atoms. The van der Waals surface area contributed by atoms with E-state index in [0.29, 0.717) is 23.3 Å². The molecule has 0 N–H and O–H groups in total. The summed E-state index contributed by atoms with van der Waals surface area (Å²) in [6.45, 7) is 7.31. The Hall–Kier alpha value is -2.45. The number of nitrogens with zero attached hydrogens (tertiary/aromatic N) is 6. The molecule has 6 fully saturated rings. The molecule has 6 aliphatic rings. The van der Waals surface area contributed by atoms with Gasteiger partial charge in [-0.05, 0) is 49.7 Å². The monoisotopic (exact) mass is 488 g/mol. The number of ether oxygens (including phenoxy) is 1. The van der Waals surface area contributed by atoms with Gasteiger partial charge < -0.3 is 14.5 Å². The maximum Gasteiger partial charge on any atom is 0.320 e. The summed E-state index contributed by atoms with van der Waals surface area (Å²) in [7, 11) is 0. The van der Waals surface area contributed by atoms with Crippen LogP contribution in [0.15, 0.2) is 30.6 Å². The molecule has 2 aromatic rings. The molecule has 8 nitrogen and oxygen atoms in total. The Morgan fingerprint density at radius 1 is 0.944 bits per heavy atom. The molecule has 1 aromatic carbocycles. The third-order valence-corrected chi connectivity index (χ3v) is 9.91. The first-order chi connectivity index (χ1) is 17.6. The third kappa shape index (κ3) is 3.44. The molecule has 1 aromatic heterocycles. The number of benzene rings is 1. The van der Waals surface area contributed by atoms with E-state index in [2.05, 4.69) is 43.7 Å². The summed E-state index contributed by atoms with van der Waals surface area (Å²) in [5.74, 6) is 2.12. The van der Waals surface area contributed by atoms with Crippen molar-refractivity contribution in [3.05, 3.63) is 47.5 Å². The summed E-state index contributed by atoms with van der Waals surface area (Å²) in [4.78, 5) is 24.3. The molecule has 36 heavy (non-hydrogen) atoms.